The minimum absolute atomic E-state index is 0. The summed E-state index contributed by atoms with van der Waals surface area (Å²) in [6, 6.07) is 10.3. The van der Waals surface area contributed by atoms with Crippen molar-refractivity contribution in [1.82, 2.24) is 15.3 Å². The number of hydrogen-bond donors (Lipinski definition) is 2. The Bertz CT molecular complexity index is 541. The number of hydrogen-bond acceptors (Lipinski definition) is 4. The average Bonchev–Trinajstić information content (AvgIpc) is 2.55. The quantitative estimate of drug-likeness (QED) is 0.912. The predicted molar refractivity (Wildman–Crippen MR) is 87.9 cm³/mol. The van der Waals surface area contributed by atoms with Crippen molar-refractivity contribution in [2.75, 3.05) is 18.4 Å². The molecular formula is C16H21ClN4. The second-order valence-corrected chi connectivity index (χ2v) is 5.21. The summed E-state index contributed by atoms with van der Waals surface area (Å²) in [5.41, 5.74) is 2.35. The maximum absolute atomic E-state index is 4.74. The lowest BCUT2D eigenvalue weighted by Gasteiger charge is -2.22. The number of rotatable bonds is 4. The second kappa shape index (κ2) is 7.96. The van der Waals surface area contributed by atoms with Gasteiger partial charge in [-0.25, -0.2) is 4.98 Å². The van der Waals surface area contributed by atoms with Crippen molar-refractivity contribution in [3.05, 3.63) is 54.0 Å². The zero-order valence-corrected chi connectivity index (χ0v) is 12.8. The Balaban J connectivity index is 0.00000161. The monoisotopic (exact) mass is 304 g/mol. The first-order valence-electron chi connectivity index (χ1n) is 7.22. The van der Waals surface area contributed by atoms with Crippen LogP contribution in [-0.4, -0.2) is 23.1 Å². The van der Waals surface area contributed by atoms with Crippen LogP contribution in [0.4, 0.5) is 5.82 Å². The molecule has 1 fully saturated rings. The molecule has 0 amide bonds. The average molecular weight is 305 g/mol. The van der Waals surface area contributed by atoms with E-state index in [9.17, 15) is 0 Å². The highest BCUT2D eigenvalue weighted by atomic mass is 35.5. The lowest BCUT2D eigenvalue weighted by atomic mass is 9.96. The number of piperidine rings is 1. The number of anilines is 1. The van der Waals surface area contributed by atoms with E-state index in [1.807, 2.05) is 18.3 Å². The highest BCUT2D eigenvalue weighted by molar-refractivity contribution is 5.85. The topological polar surface area (TPSA) is 49.8 Å². The fourth-order valence-corrected chi connectivity index (χ4v) is 2.58. The molecule has 0 radical (unpaired) electrons. The lowest BCUT2D eigenvalue weighted by molar-refractivity contribution is 0.455. The Morgan fingerprint density at radius 2 is 2.19 bits per heavy atom. The van der Waals surface area contributed by atoms with Crippen LogP contribution >= 0.6 is 12.4 Å². The van der Waals surface area contributed by atoms with Gasteiger partial charge in [0.1, 0.15) is 5.82 Å². The molecule has 5 heteroatoms. The van der Waals surface area contributed by atoms with Gasteiger partial charge in [0.05, 0.1) is 0 Å². The molecule has 2 N–H and O–H groups in total. The SMILES string of the molecule is Cl.c1cncc(CNc2cccc(C3CCCNC3)n2)c1. The van der Waals surface area contributed by atoms with Crippen molar-refractivity contribution in [2.45, 2.75) is 25.3 Å². The van der Waals surface area contributed by atoms with Crippen molar-refractivity contribution in [3.63, 3.8) is 0 Å². The molecule has 0 saturated carbocycles. The molecule has 21 heavy (non-hydrogen) atoms. The summed E-state index contributed by atoms with van der Waals surface area (Å²) in [5.74, 6) is 1.49. The largest absolute Gasteiger partial charge is 0.366 e. The van der Waals surface area contributed by atoms with E-state index in [0.29, 0.717) is 5.92 Å². The molecule has 112 valence electrons. The molecule has 0 bridgehead atoms. The van der Waals surface area contributed by atoms with E-state index in [1.54, 1.807) is 6.20 Å². The molecule has 3 rings (SSSR count). The van der Waals surface area contributed by atoms with Crippen molar-refractivity contribution < 1.29 is 0 Å². The molecule has 2 aromatic rings. The first-order valence-corrected chi connectivity index (χ1v) is 7.22. The van der Waals surface area contributed by atoms with Gasteiger partial charge in [0.2, 0.25) is 0 Å². The first kappa shape index (κ1) is 15.7. The summed E-state index contributed by atoms with van der Waals surface area (Å²) in [6.45, 7) is 2.93. The van der Waals surface area contributed by atoms with E-state index in [1.165, 1.54) is 24.1 Å². The molecule has 1 saturated heterocycles. The van der Waals surface area contributed by atoms with Gasteiger partial charge >= 0.3 is 0 Å². The van der Waals surface area contributed by atoms with Crippen LogP contribution in [0.25, 0.3) is 0 Å². The maximum atomic E-state index is 4.74. The molecular weight excluding hydrogens is 284 g/mol. The van der Waals surface area contributed by atoms with E-state index >= 15 is 0 Å². The zero-order valence-electron chi connectivity index (χ0n) is 12.0. The number of halogens is 1. The number of nitrogens with zero attached hydrogens (tertiary/aromatic N) is 2. The normalized spacial score (nSPS) is 17.8. The Hall–Kier alpha value is -1.65. The minimum atomic E-state index is 0. The first-order chi connectivity index (χ1) is 9.92. The molecule has 2 aromatic heterocycles. The van der Waals surface area contributed by atoms with Crippen molar-refractivity contribution >= 4 is 18.2 Å². The van der Waals surface area contributed by atoms with Crippen LogP contribution in [0.2, 0.25) is 0 Å². The Morgan fingerprint density at radius 3 is 2.95 bits per heavy atom. The molecule has 3 heterocycles. The van der Waals surface area contributed by atoms with Crippen molar-refractivity contribution in [2.24, 2.45) is 0 Å². The molecule has 4 nitrogen and oxygen atoms in total. The van der Waals surface area contributed by atoms with E-state index in [0.717, 1.165) is 25.5 Å². The minimum Gasteiger partial charge on any atom is -0.366 e. The molecule has 1 aliphatic rings. The number of pyridine rings is 2. The molecule has 1 aliphatic heterocycles. The van der Waals surface area contributed by atoms with Crippen LogP contribution < -0.4 is 10.6 Å². The summed E-state index contributed by atoms with van der Waals surface area (Å²) >= 11 is 0. The summed E-state index contributed by atoms with van der Waals surface area (Å²) < 4.78 is 0. The molecule has 0 spiro atoms. The maximum Gasteiger partial charge on any atom is 0.126 e. The van der Waals surface area contributed by atoms with E-state index < -0.39 is 0 Å². The molecule has 0 aromatic carbocycles. The van der Waals surface area contributed by atoms with Gasteiger partial charge in [0.25, 0.3) is 0 Å². The van der Waals surface area contributed by atoms with Gasteiger partial charge in [-0.1, -0.05) is 12.1 Å². The Kier molecular flexibility index (Phi) is 5.96. The standard InChI is InChI=1S/C16H20N4.ClH/c1-6-15(14-5-3-9-18-12-14)20-16(7-1)19-11-13-4-2-8-17-10-13;/h1-2,4,6-8,10,14,18H,3,5,9,11-12H2,(H,19,20);1H. The van der Waals surface area contributed by atoms with Gasteiger partial charge < -0.3 is 10.6 Å². The lowest BCUT2D eigenvalue weighted by Crippen LogP contribution is -2.28. The van der Waals surface area contributed by atoms with Crippen LogP contribution in [0.5, 0.6) is 0 Å². The third kappa shape index (κ3) is 4.41. The van der Waals surface area contributed by atoms with Crippen LogP contribution in [0.1, 0.15) is 30.0 Å². The fraction of sp³-hybridized carbons (Fsp3) is 0.375. The third-order valence-electron chi connectivity index (χ3n) is 3.68. The Labute approximate surface area is 131 Å². The van der Waals surface area contributed by atoms with Gasteiger partial charge in [-0.15, -0.1) is 12.4 Å². The molecule has 1 unspecified atom stereocenters. The second-order valence-electron chi connectivity index (χ2n) is 5.21. The number of nitrogens with one attached hydrogen (secondary N) is 2. The smallest absolute Gasteiger partial charge is 0.126 e. The van der Waals surface area contributed by atoms with Crippen molar-refractivity contribution in [1.29, 1.82) is 0 Å². The van der Waals surface area contributed by atoms with Gasteiger partial charge in [0, 0.05) is 37.1 Å². The summed E-state index contributed by atoms with van der Waals surface area (Å²) in [5, 5.41) is 6.81. The van der Waals surface area contributed by atoms with Crippen LogP contribution in [0, 0.1) is 0 Å². The summed E-state index contributed by atoms with van der Waals surface area (Å²) in [6.07, 6.45) is 6.13. The van der Waals surface area contributed by atoms with E-state index in [4.69, 9.17) is 4.98 Å². The molecule has 1 atom stereocenters. The van der Waals surface area contributed by atoms with Gasteiger partial charge in [-0.2, -0.15) is 0 Å². The van der Waals surface area contributed by atoms with Crippen LogP contribution in [-0.2, 0) is 6.54 Å². The summed E-state index contributed by atoms with van der Waals surface area (Å²) in [7, 11) is 0. The van der Waals surface area contributed by atoms with Gasteiger partial charge in [-0.3, -0.25) is 4.98 Å². The fourth-order valence-electron chi connectivity index (χ4n) is 2.58. The van der Waals surface area contributed by atoms with Gasteiger partial charge in [0.15, 0.2) is 0 Å². The van der Waals surface area contributed by atoms with Crippen LogP contribution in [0.15, 0.2) is 42.7 Å². The molecule has 0 aliphatic carbocycles. The van der Waals surface area contributed by atoms with E-state index in [-0.39, 0.29) is 12.4 Å². The third-order valence-corrected chi connectivity index (χ3v) is 3.68. The van der Waals surface area contributed by atoms with Crippen molar-refractivity contribution in [3.8, 4) is 0 Å². The van der Waals surface area contributed by atoms with E-state index in [2.05, 4.69) is 33.8 Å². The Morgan fingerprint density at radius 1 is 1.24 bits per heavy atom. The van der Waals surface area contributed by atoms with Crippen LogP contribution in [0.3, 0.4) is 0 Å². The van der Waals surface area contributed by atoms with Gasteiger partial charge in [-0.05, 0) is 43.1 Å². The number of aromatic nitrogens is 2. The summed E-state index contributed by atoms with van der Waals surface area (Å²) in [4.78, 5) is 8.86. The highest BCUT2D eigenvalue weighted by Gasteiger charge is 2.16. The highest BCUT2D eigenvalue weighted by Crippen LogP contribution is 2.22. The zero-order chi connectivity index (χ0) is 13.6. The predicted octanol–water partition coefficient (Wildman–Crippen LogP) is 2.98.